The highest BCUT2D eigenvalue weighted by molar-refractivity contribution is 5.90. The Morgan fingerprint density at radius 3 is 2.67 bits per heavy atom. The first-order chi connectivity index (χ1) is 14.2. The molecule has 0 bridgehead atoms. The van der Waals surface area contributed by atoms with Crippen molar-refractivity contribution in [2.75, 3.05) is 24.5 Å². The van der Waals surface area contributed by atoms with Gasteiger partial charge in [0.25, 0.3) is 0 Å². The molecule has 2 heterocycles. The number of carbonyl (C=O) groups excluding carboxylic acids is 2. The molecule has 3 N–H and O–H groups in total. The van der Waals surface area contributed by atoms with Gasteiger partial charge in [0.05, 0.1) is 0 Å². The summed E-state index contributed by atoms with van der Waals surface area (Å²) >= 11 is 0. The molecule has 2 saturated heterocycles. The van der Waals surface area contributed by atoms with Crippen LogP contribution in [-0.4, -0.2) is 59.4 Å². The maximum atomic E-state index is 13.6. The summed E-state index contributed by atoms with van der Waals surface area (Å²) in [5.74, 6) is -0.550. The second kappa shape index (κ2) is 7.81. The monoisotopic (exact) mass is 418 g/mol. The number of piperazine rings is 1. The van der Waals surface area contributed by atoms with Crippen molar-refractivity contribution in [2.24, 2.45) is 11.8 Å². The minimum atomic E-state index is -1.05. The van der Waals surface area contributed by atoms with Crippen LogP contribution in [0, 0.1) is 24.6 Å². The molecule has 1 aliphatic carbocycles. The van der Waals surface area contributed by atoms with Crippen LogP contribution in [0.3, 0.4) is 0 Å². The average Bonchev–Trinajstić information content (AvgIpc) is 3.50. The van der Waals surface area contributed by atoms with Gasteiger partial charge in [-0.3, -0.25) is 14.9 Å². The van der Waals surface area contributed by atoms with Gasteiger partial charge in [-0.2, -0.15) is 0 Å². The number of hydrogen-bond acceptors (Lipinski definition) is 5. The summed E-state index contributed by atoms with van der Waals surface area (Å²) in [6.07, 6.45) is 1.19. The van der Waals surface area contributed by atoms with Crippen LogP contribution in [0.15, 0.2) is 18.2 Å². The first-order valence-electron chi connectivity index (χ1n) is 10.8. The highest BCUT2D eigenvalue weighted by Crippen LogP contribution is 2.45. The molecule has 30 heavy (non-hydrogen) atoms. The highest BCUT2D eigenvalue weighted by Gasteiger charge is 2.56. The molecule has 4 atom stereocenters. The van der Waals surface area contributed by atoms with E-state index in [1.807, 2.05) is 17.9 Å². The summed E-state index contributed by atoms with van der Waals surface area (Å²) in [6, 6.07) is 5.23. The van der Waals surface area contributed by atoms with E-state index in [0.717, 1.165) is 18.5 Å². The van der Waals surface area contributed by atoms with Crippen molar-refractivity contribution in [3.8, 4) is 0 Å². The molecular weight excluding hydrogens is 387 g/mol. The molecule has 1 aromatic rings. The molecule has 2 aliphatic heterocycles. The highest BCUT2D eigenvalue weighted by atomic mass is 19.1. The number of aryl methyl sites for hydroxylation is 1. The van der Waals surface area contributed by atoms with Crippen LogP contribution in [0.5, 0.6) is 0 Å². The first kappa shape index (κ1) is 21.1. The average molecular weight is 419 g/mol. The number of halogens is 1. The maximum absolute atomic E-state index is 13.6. The minimum Gasteiger partial charge on any atom is -0.365 e. The summed E-state index contributed by atoms with van der Waals surface area (Å²) in [7, 11) is 0. The van der Waals surface area contributed by atoms with Crippen molar-refractivity contribution in [3.63, 3.8) is 0 Å². The van der Waals surface area contributed by atoms with Crippen molar-refractivity contribution < 1.29 is 19.1 Å². The van der Waals surface area contributed by atoms with Gasteiger partial charge in [-0.05, 0) is 62.8 Å². The molecule has 2 amide bonds. The van der Waals surface area contributed by atoms with Crippen LogP contribution in [0.1, 0.15) is 38.7 Å². The Bertz CT molecular complexity index is 846. The lowest BCUT2D eigenvalue weighted by Crippen LogP contribution is -2.56. The summed E-state index contributed by atoms with van der Waals surface area (Å²) in [6.45, 7) is 7.53. The Morgan fingerprint density at radius 2 is 2.10 bits per heavy atom. The Balaban J connectivity index is 1.40. The number of benzene rings is 1. The van der Waals surface area contributed by atoms with Gasteiger partial charge in [0.1, 0.15) is 11.4 Å². The maximum Gasteiger partial charge on any atom is 0.243 e. The number of rotatable bonds is 5. The zero-order valence-corrected chi connectivity index (χ0v) is 17.8. The molecule has 3 fully saturated rings. The Morgan fingerprint density at radius 1 is 1.37 bits per heavy atom. The first-order valence-corrected chi connectivity index (χ1v) is 10.8. The molecule has 3 unspecified atom stereocenters. The van der Waals surface area contributed by atoms with Gasteiger partial charge >= 0.3 is 0 Å². The summed E-state index contributed by atoms with van der Waals surface area (Å²) in [5, 5.41) is 15.4. The van der Waals surface area contributed by atoms with Gasteiger partial charge < -0.3 is 20.2 Å². The lowest BCUT2D eigenvalue weighted by molar-refractivity contribution is -0.137. The van der Waals surface area contributed by atoms with E-state index in [2.05, 4.69) is 22.5 Å². The van der Waals surface area contributed by atoms with Crippen LogP contribution in [0.25, 0.3) is 0 Å². The zero-order chi connectivity index (χ0) is 21.6. The molecule has 1 aromatic carbocycles. The van der Waals surface area contributed by atoms with Crippen LogP contribution in [0.2, 0.25) is 0 Å². The van der Waals surface area contributed by atoms with Gasteiger partial charge in [-0.1, -0.05) is 6.92 Å². The minimum absolute atomic E-state index is 0.0350. The summed E-state index contributed by atoms with van der Waals surface area (Å²) in [4.78, 5) is 29.8. The largest absolute Gasteiger partial charge is 0.365 e. The molecule has 3 aliphatic rings. The number of hydrogen-bond donors (Lipinski definition) is 3. The predicted molar refractivity (Wildman–Crippen MR) is 111 cm³/mol. The number of aliphatic hydroxyl groups is 1. The molecule has 4 rings (SSSR count). The molecule has 1 saturated carbocycles. The Hall–Kier alpha value is -2.19. The van der Waals surface area contributed by atoms with Crippen molar-refractivity contribution in [1.29, 1.82) is 0 Å². The number of nitrogens with zero attached hydrogens (tertiary/aromatic N) is 2. The molecule has 7 nitrogen and oxygen atoms in total. The summed E-state index contributed by atoms with van der Waals surface area (Å²) < 4.78 is 13.6. The SMILES string of the molecule is Cc1cc(N2CCN(C(=O)C(C)CC3(C4CC4)NC(O)NC3=O)C[C@@H]2C)ccc1F. The molecule has 0 spiro atoms. The van der Waals surface area contributed by atoms with Crippen molar-refractivity contribution >= 4 is 17.5 Å². The van der Waals surface area contributed by atoms with E-state index >= 15 is 0 Å². The Labute approximate surface area is 176 Å². The standard InChI is InChI=1S/C22H31FN4O3/c1-13-10-17(6-7-18(13)23)27-9-8-26(12-15(27)3)19(28)14(2)11-22(16-4-5-16)20(29)24-21(30)25-22/h6-7,10,14-16,21,25,30H,4-5,8-9,11-12H2,1-3H3,(H,24,29)/t14?,15-,21?,22?/m0/s1. The number of amides is 2. The van der Waals surface area contributed by atoms with Crippen LogP contribution >= 0.6 is 0 Å². The smallest absolute Gasteiger partial charge is 0.243 e. The lowest BCUT2D eigenvalue weighted by Gasteiger charge is -2.42. The third-order valence-corrected chi connectivity index (χ3v) is 6.80. The second-order valence-electron chi connectivity index (χ2n) is 9.13. The Kier molecular flexibility index (Phi) is 5.48. The number of anilines is 1. The molecular formula is C22H31FN4O3. The fourth-order valence-electron chi connectivity index (χ4n) is 5.03. The molecule has 0 radical (unpaired) electrons. The van der Waals surface area contributed by atoms with E-state index in [1.54, 1.807) is 13.0 Å². The number of aliphatic hydroxyl groups excluding tert-OH is 1. The topological polar surface area (TPSA) is 84.9 Å². The van der Waals surface area contributed by atoms with Gasteiger partial charge in [0, 0.05) is 37.3 Å². The van der Waals surface area contributed by atoms with Crippen LogP contribution in [0.4, 0.5) is 10.1 Å². The normalized spacial score (nSPS) is 30.4. The van der Waals surface area contributed by atoms with Crippen molar-refractivity contribution in [2.45, 2.75) is 58.0 Å². The zero-order valence-electron chi connectivity index (χ0n) is 17.8. The fourth-order valence-corrected chi connectivity index (χ4v) is 5.03. The summed E-state index contributed by atoms with van der Waals surface area (Å²) in [5.41, 5.74) is 0.727. The van der Waals surface area contributed by atoms with Crippen molar-refractivity contribution in [1.82, 2.24) is 15.5 Å². The second-order valence-corrected chi connectivity index (χ2v) is 9.13. The van der Waals surface area contributed by atoms with Crippen LogP contribution in [-0.2, 0) is 9.59 Å². The van der Waals surface area contributed by atoms with E-state index in [4.69, 9.17) is 0 Å². The predicted octanol–water partition coefficient (Wildman–Crippen LogP) is 1.34. The quantitative estimate of drug-likeness (QED) is 0.672. The third kappa shape index (κ3) is 3.78. The van der Waals surface area contributed by atoms with Crippen molar-refractivity contribution in [3.05, 3.63) is 29.6 Å². The fraction of sp³-hybridized carbons (Fsp3) is 0.636. The van der Waals surface area contributed by atoms with E-state index in [9.17, 15) is 19.1 Å². The van der Waals surface area contributed by atoms with Gasteiger partial charge in [-0.25, -0.2) is 4.39 Å². The van der Waals surface area contributed by atoms with E-state index in [0.29, 0.717) is 31.6 Å². The van der Waals surface area contributed by atoms with Crippen LogP contribution < -0.4 is 15.5 Å². The lowest BCUT2D eigenvalue weighted by atomic mass is 9.83. The van der Waals surface area contributed by atoms with Gasteiger partial charge in [0.2, 0.25) is 11.8 Å². The van der Waals surface area contributed by atoms with E-state index in [1.165, 1.54) is 6.07 Å². The molecule has 164 valence electrons. The van der Waals surface area contributed by atoms with Gasteiger partial charge in [0.15, 0.2) is 6.35 Å². The molecule has 8 heteroatoms. The van der Waals surface area contributed by atoms with E-state index < -0.39 is 11.9 Å². The number of nitrogens with one attached hydrogen (secondary N) is 2. The number of carbonyl (C=O) groups is 2. The van der Waals surface area contributed by atoms with Gasteiger partial charge in [-0.15, -0.1) is 0 Å². The van der Waals surface area contributed by atoms with E-state index in [-0.39, 0.29) is 35.5 Å². The third-order valence-electron chi connectivity index (χ3n) is 6.80. The molecule has 0 aromatic heterocycles.